The second-order valence-electron chi connectivity index (χ2n) is 13.8. The number of carboxylic acid groups (broad SMARTS) is 1. The highest BCUT2D eigenvalue weighted by Gasteiger charge is 2.13. The lowest BCUT2D eigenvalue weighted by Crippen LogP contribution is -2.10. The molecule has 0 amide bonds. The average molecular weight is 729 g/mol. The number of thiazole rings is 1. The molecule has 1 heterocycles. The maximum absolute atomic E-state index is 11.3. The number of carboxylic acids is 1. The minimum Gasteiger partial charge on any atom is -0.478 e. The lowest BCUT2D eigenvalue weighted by atomic mass is 10.0. The average Bonchev–Trinajstić information content (AvgIpc) is 3.62. The van der Waals surface area contributed by atoms with E-state index < -0.39 is 5.97 Å². The largest absolute Gasteiger partial charge is 0.478 e. The molecule has 0 saturated carbocycles. The van der Waals surface area contributed by atoms with Gasteiger partial charge in [0.05, 0.1) is 15.8 Å². The summed E-state index contributed by atoms with van der Waals surface area (Å²) in [5, 5.41) is 9.91. The van der Waals surface area contributed by atoms with Crippen molar-refractivity contribution in [3.8, 4) is 23.7 Å². The van der Waals surface area contributed by atoms with E-state index in [-0.39, 0.29) is 5.56 Å². The standard InChI is InChI=1S/C49H48N2O2S/c1-3-5-7-9-11-13-38-22-30-44(31-23-38)51(43-28-20-37(21-29-43)12-10-8-6-4-2)45-32-24-41(25-33-45)19-16-39-14-17-40(18-15-39)26-35-48-50-46-34-27-42(49(52)53)36-47(46)54-48/h14-15,17-18,20-25,27-34,36H,3-13H2,1-2H3,(H,52,53). The van der Waals surface area contributed by atoms with Gasteiger partial charge in [-0.3, -0.25) is 0 Å². The molecule has 5 aromatic carbocycles. The number of aryl methyl sites for hydroxylation is 2. The highest BCUT2D eigenvalue weighted by Crippen LogP contribution is 2.35. The van der Waals surface area contributed by atoms with E-state index in [2.05, 4.69) is 120 Å². The monoisotopic (exact) mass is 728 g/mol. The Hall–Kier alpha value is -5.62. The van der Waals surface area contributed by atoms with Gasteiger partial charge in [0.25, 0.3) is 0 Å². The van der Waals surface area contributed by atoms with Crippen molar-refractivity contribution < 1.29 is 9.90 Å². The summed E-state index contributed by atoms with van der Waals surface area (Å²) in [7, 11) is 0. The van der Waals surface area contributed by atoms with Crippen LogP contribution in [-0.2, 0) is 12.8 Å². The van der Waals surface area contributed by atoms with Crippen molar-refractivity contribution >= 4 is 44.6 Å². The van der Waals surface area contributed by atoms with Gasteiger partial charge in [0.15, 0.2) is 5.01 Å². The van der Waals surface area contributed by atoms with Crippen LogP contribution in [0.1, 0.15) is 115 Å². The van der Waals surface area contributed by atoms with Crippen molar-refractivity contribution in [3.05, 3.63) is 154 Å². The van der Waals surface area contributed by atoms with Crippen LogP contribution in [0.5, 0.6) is 0 Å². The fourth-order valence-corrected chi connectivity index (χ4v) is 7.33. The molecule has 0 aliphatic heterocycles. The molecule has 0 fully saturated rings. The fraction of sp³-hybridized carbons (Fsp3) is 0.265. The Labute approximate surface area is 324 Å². The third-order valence-electron chi connectivity index (χ3n) is 9.59. The van der Waals surface area contributed by atoms with Crippen molar-refractivity contribution in [1.82, 2.24) is 4.98 Å². The first-order valence-electron chi connectivity index (χ1n) is 19.3. The second kappa shape index (κ2) is 19.5. The number of benzene rings is 5. The van der Waals surface area contributed by atoms with E-state index in [0.29, 0.717) is 5.01 Å². The molecule has 0 radical (unpaired) electrons. The highest BCUT2D eigenvalue weighted by atomic mass is 32.1. The van der Waals surface area contributed by atoms with E-state index in [4.69, 9.17) is 0 Å². The predicted molar refractivity (Wildman–Crippen MR) is 226 cm³/mol. The number of hydrogen-bond donors (Lipinski definition) is 1. The molecular weight excluding hydrogens is 681 g/mol. The van der Waals surface area contributed by atoms with Gasteiger partial charge in [-0.25, -0.2) is 9.78 Å². The molecular formula is C49H48N2O2S. The van der Waals surface area contributed by atoms with Crippen LogP contribution in [0.2, 0.25) is 0 Å². The van der Waals surface area contributed by atoms with Gasteiger partial charge in [-0.15, -0.1) is 11.3 Å². The molecule has 0 saturated heterocycles. The van der Waals surface area contributed by atoms with Crippen LogP contribution in [-0.4, -0.2) is 16.1 Å². The highest BCUT2D eigenvalue weighted by molar-refractivity contribution is 7.19. The smallest absolute Gasteiger partial charge is 0.335 e. The number of anilines is 3. The summed E-state index contributed by atoms with van der Waals surface area (Å²) in [6, 6.07) is 39.5. The summed E-state index contributed by atoms with van der Waals surface area (Å²) in [6.45, 7) is 4.53. The SMILES string of the molecule is CCCCCCCc1ccc(N(c2ccc(C#Cc3ccc(C#Cc4nc5ccc(C(=O)O)cc5s4)cc3)cc2)c2ccc(CCCCCC)cc2)cc1. The molecule has 5 heteroatoms. The fourth-order valence-electron chi connectivity index (χ4n) is 6.47. The van der Waals surface area contributed by atoms with Crippen LogP contribution in [0.3, 0.4) is 0 Å². The van der Waals surface area contributed by atoms with E-state index in [0.717, 1.165) is 56.8 Å². The first-order chi connectivity index (χ1) is 26.5. The van der Waals surface area contributed by atoms with Crippen molar-refractivity contribution in [2.45, 2.75) is 84.5 Å². The van der Waals surface area contributed by atoms with Crippen molar-refractivity contribution in [2.75, 3.05) is 4.90 Å². The van der Waals surface area contributed by atoms with Gasteiger partial charge in [0, 0.05) is 33.8 Å². The number of aromatic carboxylic acids is 1. The van der Waals surface area contributed by atoms with Crippen LogP contribution in [0, 0.1) is 23.7 Å². The van der Waals surface area contributed by atoms with Crippen LogP contribution in [0.25, 0.3) is 10.2 Å². The zero-order valence-electron chi connectivity index (χ0n) is 31.4. The number of hydrogen-bond acceptors (Lipinski definition) is 4. The van der Waals surface area contributed by atoms with E-state index in [9.17, 15) is 9.90 Å². The molecule has 4 nitrogen and oxygen atoms in total. The van der Waals surface area contributed by atoms with E-state index in [1.165, 1.54) is 80.3 Å². The summed E-state index contributed by atoms with van der Waals surface area (Å²) in [4.78, 5) is 18.2. The molecule has 54 heavy (non-hydrogen) atoms. The maximum atomic E-state index is 11.3. The van der Waals surface area contributed by atoms with Gasteiger partial charge >= 0.3 is 5.97 Å². The van der Waals surface area contributed by atoms with Crippen molar-refractivity contribution in [3.63, 3.8) is 0 Å². The first-order valence-corrected chi connectivity index (χ1v) is 20.2. The molecule has 0 bridgehead atoms. The van der Waals surface area contributed by atoms with Crippen LogP contribution in [0.4, 0.5) is 17.1 Å². The molecule has 0 aliphatic carbocycles. The Morgan fingerprint density at radius 2 is 1.02 bits per heavy atom. The zero-order valence-corrected chi connectivity index (χ0v) is 32.2. The molecule has 6 aromatic rings. The van der Waals surface area contributed by atoms with Gasteiger partial charge in [0.2, 0.25) is 0 Å². The number of fused-ring (bicyclic) bond motifs is 1. The van der Waals surface area contributed by atoms with E-state index >= 15 is 0 Å². The zero-order chi connectivity index (χ0) is 37.5. The summed E-state index contributed by atoms with van der Waals surface area (Å²) >= 11 is 1.39. The van der Waals surface area contributed by atoms with E-state index in [1.807, 2.05) is 24.3 Å². The van der Waals surface area contributed by atoms with E-state index in [1.54, 1.807) is 18.2 Å². The number of nitrogens with zero attached hydrogens (tertiary/aromatic N) is 2. The van der Waals surface area contributed by atoms with Crippen molar-refractivity contribution in [2.24, 2.45) is 0 Å². The number of aromatic nitrogens is 1. The van der Waals surface area contributed by atoms with Crippen LogP contribution >= 0.6 is 11.3 Å². The molecule has 1 N–H and O–H groups in total. The number of rotatable bonds is 15. The topological polar surface area (TPSA) is 53.4 Å². The normalized spacial score (nSPS) is 10.7. The molecule has 6 rings (SSSR count). The Morgan fingerprint density at radius 3 is 1.52 bits per heavy atom. The lowest BCUT2D eigenvalue weighted by Gasteiger charge is -2.26. The Kier molecular flexibility index (Phi) is 13.7. The molecule has 1 aromatic heterocycles. The number of carbonyl (C=O) groups is 1. The van der Waals surface area contributed by atoms with Gasteiger partial charge in [-0.2, -0.15) is 0 Å². The summed E-state index contributed by atoms with van der Waals surface area (Å²) in [5.74, 6) is 12.0. The maximum Gasteiger partial charge on any atom is 0.335 e. The van der Waals surface area contributed by atoms with Crippen LogP contribution < -0.4 is 4.90 Å². The van der Waals surface area contributed by atoms with Gasteiger partial charge in [0.1, 0.15) is 0 Å². The Morgan fingerprint density at radius 1 is 0.574 bits per heavy atom. The molecule has 0 spiro atoms. The Balaban J connectivity index is 1.15. The van der Waals surface area contributed by atoms with Gasteiger partial charge < -0.3 is 10.0 Å². The molecule has 272 valence electrons. The number of unbranched alkanes of at least 4 members (excludes halogenated alkanes) is 7. The quantitative estimate of drug-likeness (QED) is 0.0845. The second-order valence-corrected chi connectivity index (χ2v) is 14.8. The minimum atomic E-state index is -0.950. The first kappa shape index (κ1) is 38.1. The van der Waals surface area contributed by atoms with Crippen LogP contribution in [0.15, 0.2) is 115 Å². The molecule has 0 unspecified atom stereocenters. The molecule has 0 atom stereocenters. The summed E-state index contributed by atoms with van der Waals surface area (Å²) < 4.78 is 0.810. The summed E-state index contributed by atoms with van der Waals surface area (Å²) in [6.07, 6.45) is 13.8. The molecule has 0 aliphatic rings. The third-order valence-corrected chi connectivity index (χ3v) is 10.5. The predicted octanol–water partition coefficient (Wildman–Crippen LogP) is 12.9. The summed E-state index contributed by atoms with van der Waals surface area (Å²) in [5.41, 5.74) is 9.91. The van der Waals surface area contributed by atoms with Gasteiger partial charge in [-0.1, -0.05) is 101 Å². The lowest BCUT2D eigenvalue weighted by molar-refractivity contribution is 0.0697. The minimum absolute atomic E-state index is 0.248. The Bertz CT molecular complexity index is 2250. The van der Waals surface area contributed by atoms with Crippen molar-refractivity contribution in [1.29, 1.82) is 0 Å². The third kappa shape index (κ3) is 10.7. The van der Waals surface area contributed by atoms with Gasteiger partial charge in [-0.05, 0) is 134 Å².